The van der Waals surface area contributed by atoms with Crippen LogP contribution in [0.25, 0.3) is 0 Å². The third kappa shape index (κ3) is 4.31. The Morgan fingerprint density at radius 1 is 1.17 bits per heavy atom. The van der Waals surface area contributed by atoms with Gasteiger partial charge in [-0.05, 0) is 20.8 Å². The summed E-state index contributed by atoms with van der Waals surface area (Å²) in [6.07, 6.45) is -0.927. The second-order valence-electron chi connectivity index (χ2n) is 3.34. The summed E-state index contributed by atoms with van der Waals surface area (Å²) in [5.74, 6) is -0.507. The van der Waals surface area contributed by atoms with Crippen LogP contribution in [0.1, 0.15) is 20.8 Å². The number of ether oxygens (including phenoxy) is 3. The van der Waals surface area contributed by atoms with E-state index in [1.54, 1.807) is 20.8 Å². The van der Waals surface area contributed by atoms with Crippen molar-refractivity contribution in [1.29, 1.82) is 0 Å². The number of esters is 1. The lowest BCUT2D eigenvalue weighted by Crippen LogP contribution is -2.33. The van der Waals surface area contributed by atoms with Crippen LogP contribution in [0.3, 0.4) is 0 Å². The Hall–Kier alpha value is -0.610. The molecule has 0 atom stereocenters. The third-order valence-electron chi connectivity index (χ3n) is 1.03. The predicted molar refractivity (Wildman–Crippen MR) is 43.7 cm³/mol. The molecule has 4 nitrogen and oxygen atoms in total. The highest BCUT2D eigenvalue weighted by Crippen LogP contribution is 2.09. The molecular weight excluding hydrogens is 160 g/mol. The van der Waals surface area contributed by atoms with E-state index >= 15 is 0 Å². The van der Waals surface area contributed by atoms with Crippen molar-refractivity contribution in [3.8, 4) is 0 Å². The van der Waals surface area contributed by atoms with Gasteiger partial charge in [-0.2, -0.15) is 0 Å². The van der Waals surface area contributed by atoms with Crippen molar-refractivity contribution in [3.05, 3.63) is 0 Å². The molecule has 0 aliphatic carbocycles. The quantitative estimate of drug-likeness (QED) is 0.474. The van der Waals surface area contributed by atoms with E-state index < -0.39 is 17.9 Å². The van der Waals surface area contributed by atoms with E-state index in [9.17, 15) is 4.79 Å². The molecule has 12 heavy (non-hydrogen) atoms. The summed E-state index contributed by atoms with van der Waals surface area (Å²) >= 11 is 0. The highest BCUT2D eigenvalue weighted by atomic mass is 16.7. The van der Waals surface area contributed by atoms with Crippen molar-refractivity contribution < 1.29 is 19.0 Å². The molecule has 0 unspecified atom stereocenters. The molecule has 0 fully saturated rings. The molecule has 0 aliphatic rings. The van der Waals surface area contributed by atoms with Crippen LogP contribution in [-0.4, -0.2) is 32.1 Å². The normalized spacial score (nSPS) is 11.8. The number of hydrogen-bond acceptors (Lipinski definition) is 4. The van der Waals surface area contributed by atoms with Crippen LogP contribution in [-0.2, 0) is 19.0 Å². The molecule has 0 aromatic heterocycles. The van der Waals surface area contributed by atoms with Crippen molar-refractivity contribution in [2.24, 2.45) is 0 Å². The molecule has 0 rings (SSSR count). The largest absolute Gasteiger partial charge is 0.456 e. The average Bonchev–Trinajstić information content (AvgIpc) is 1.85. The molecule has 0 aromatic carbocycles. The first-order chi connectivity index (χ1) is 5.40. The summed E-state index contributed by atoms with van der Waals surface area (Å²) < 4.78 is 14.4. The lowest BCUT2D eigenvalue weighted by Gasteiger charge is -2.22. The van der Waals surface area contributed by atoms with E-state index in [4.69, 9.17) is 14.2 Å². The summed E-state index contributed by atoms with van der Waals surface area (Å²) in [6, 6.07) is 0. The Kier molecular flexibility index (Phi) is 4.20. The monoisotopic (exact) mass is 176 g/mol. The topological polar surface area (TPSA) is 44.8 Å². The number of carbonyl (C=O) groups is 1. The van der Waals surface area contributed by atoms with E-state index in [0.717, 1.165) is 0 Å². The summed E-state index contributed by atoms with van der Waals surface area (Å²) in [5.41, 5.74) is -0.508. The van der Waals surface area contributed by atoms with Crippen molar-refractivity contribution in [1.82, 2.24) is 0 Å². The van der Waals surface area contributed by atoms with Crippen LogP contribution in [0.5, 0.6) is 0 Å². The van der Waals surface area contributed by atoms with Gasteiger partial charge in [0, 0.05) is 14.2 Å². The molecule has 0 radical (unpaired) electrons. The van der Waals surface area contributed by atoms with E-state index in [1.807, 2.05) is 0 Å². The Balaban J connectivity index is 4.02. The molecule has 0 aliphatic heterocycles. The smallest absolute Gasteiger partial charge is 0.363 e. The van der Waals surface area contributed by atoms with Crippen LogP contribution >= 0.6 is 0 Å². The predicted octanol–water partition coefficient (Wildman–Crippen LogP) is 0.947. The summed E-state index contributed by atoms with van der Waals surface area (Å²) in [7, 11) is 2.77. The fourth-order valence-electron chi connectivity index (χ4n) is 0.639. The average molecular weight is 176 g/mol. The molecule has 0 saturated heterocycles. The van der Waals surface area contributed by atoms with Crippen molar-refractivity contribution in [2.75, 3.05) is 14.2 Å². The van der Waals surface area contributed by atoms with Crippen molar-refractivity contribution >= 4 is 5.97 Å². The van der Waals surface area contributed by atoms with Gasteiger partial charge in [0.15, 0.2) is 0 Å². The lowest BCUT2D eigenvalue weighted by atomic mass is 10.2. The van der Waals surface area contributed by atoms with Crippen LogP contribution < -0.4 is 0 Å². The molecule has 0 spiro atoms. The first-order valence-electron chi connectivity index (χ1n) is 3.69. The minimum Gasteiger partial charge on any atom is -0.456 e. The standard InChI is InChI=1S/C8H16O4/c1-8(2,3)12-6(9)7(10-4)11-5/h7H,1-5H3. The van der Waals surface area contributed by atoms with Crippen molar-refractivity contribution in [3.63, 3.8) is 0 Å². The van der Waals surface area contributed by atoms with Gasteiger partial charge < -0.3 is 14.2 Å². The SMILES string of the molecule is COC(OC)C(=O)OC(C)(C)C. The molecule has 0 saturated carbocycles. The number of rotatable bonds is 3. The number of methoxy groups -OCH3 is 2. The maximum absolute atomic E-state index is 11.1. The molecule has 72 valence electrons. The van der Waals surface area contributed by atoms with Crippen LogP contribution in [0.15, 0.2) is 0 Å². The Morgan fingerprint density at radius 2 is 1.58 bits per heavy atom. The summed E-state index contributed by atoms with van der Waals surface area (Å²) in [4.78, 5) is 11.1. The summed E-state index contributed by atoms with van der Waals surface area (Å²) in [6.45, 7) is 5.36. The van der Waals surface area contributed by atoms with Gasteiger partial charge in [0.25, 0.3) is 6.29 Å². The van der Waals surface area contributed by atoms with Gasteiger partial charge in [-0.1, -0.05) is 0 Å². The van der Waals surface area contributed by atoms with Crippen LogP contribution in [0.4, 0.5) is 0 Å². The van der Waals surface area contributed by atoms with Gasteiger partial charge in [0.2, 0.25) is 0 Å². The van der Waals surface area contributed by atoms with Gasteiger partial charge in [-0.15, -0.1) is 0 Å². The fourth-order valence-corrected chi connectivity index (χ4v) is 0.639. The van der Waals surface area contributed by atoms with E-state index in [0.29, 0.717) is 0 Å². The Morgan fingerprint density at radius 3 is 1.83 bits per heavy atom. The maximum Gasteiger partial charge on any atom is 0.363 e. The maximum atomic E-state index is 11.1. The zero-order chi connectivity index (χ0) is 9.78. The first kappa shape index (κ1) is 11.4. The Bertz CT molecular complexity index is 144. The number of hydrogen-bond donors (Lipinski definition) is 0. The zero-order valence-corrected chi connectivity index (χ0v) is 8.21. The highest BCUT2D eigenvalue weighted by molar-refractivity contribution is 5.73. The Labute approximate surface area is 72.8 Å². The van der Waals surface area contributed by atoms with Gasteiger partial charge in [0.1, 0.15) is 5.60 Å². The molecule has 0 N–H and O–H groups in total. The molecular formula is C8H16O4. The van der Waals surface area contributed by atoms with Crippen molar-refractivity contribution in [2.45, 2.75) is 32.7 Å². The molecule has 0 aromatic rings. The molecule has 4 heteroatoms. The van der Waals surface area contributed by atoms with E-state index in [1.165, 1.54) is 14.2 Å². The molecule has 0 heterocycles. The first-order valence-corrected chi connectivity index (χ1v) is 3.69. The third-order valence-corrected chi connectivity index (χ3v) is 1.03. The minimum absolute atomic E-state index is 0.507. The van der Waals surface area contributed by atoms with E-state index in [2.05, 4.69) is 0 Å². The fraction of sp³-hybridized carbons (Fsp3) is 0.875. The molecule has 0 amide bonds. The van der Waals surface area contributed by atoms with Crippen LogP contribution in [0.2, 0.25) is 0 Å². The second kappa shape index (κ2) is 4.42. The zero-order valence-electron chi connectivity index (χ0n) is 8.21. The van der Waals surface area contributed by atoms with E-state index in [-0.39, 0.29) is 0 Å². The van der Waals surface area contributed by atoms with Gasteiger partial charge in [0.05, 0.1) is 0 Å². The highest BCUT2D eigenvalue weighted by Gasteiger charge is 2.24. The van der Waals surface area contributed by atoms with Gasteiger partial charge in [-0.25, -0.2) is 4.79 Å². The second-order valence-corrected chi connectivity index (χ2v) is 3.34. The number of carbonyl (C=O) groups excluding carboxylic acids is 1. The minimum atomic E-state index is -0.927. The van der Waals surface area contributed by atoms with Gasteiger partial charge in [-0.3, -0.25) is 0 Å². The molecule has 0 bridgehead atoms. The summed E-state index contributed by atoms with van der Waals surface area (Å²) in [5, 5.41) is 0. The van der Waals surface area contributed by atoms with Gasteiger partial charge >= 0.3 is 5.97 Å². The van der Waals surface area contributed by atoms with Crippen LogP contribution in [0, 0.1) is 0 Å². The lowest BCUT2D eigenvalue weighted by molar-refractivity contribution is -0.194.